The van der Waals surface area contributed by atoms with Crippen LogP contribution in [0, 0.1) is 0 Å². The highest BCUT2D eigenvalue weighted by Crippen LogP contribution is 2.31. The Morgan fingerprint density at radius 1 is 1.03 bits per heavy atom. The Balaban J connectivity index is 1.61. The molecule has 5 nitrogen and oxygen atoms in total. The summed E-state index contributed by atoms with van der Waals surface area (Å²) in [5.74, 6) is 0.463. The Bertz CT molecular complexity index is 1110. The van der Waals surface area contributed by atoms with Crippen LogP contribution in [-0.4, -0.2) is 16.1 Å². The molecule has 0 saturated carbocycles. The van der Waals surface area contributed by atoms with Gasteiger partial charge >= 0.3 is 0 Å². The molecule has 29 heavy (non-hydrogen) atoms. The molecule has 0 aliphatic rings. The maximum atomic E-state index is 12.0. The maximum Gasteiger partial charge on any atom is 0.250 e. The van der Waals surface area contributed by atoms with Crippen molar-refractivity contribution >= 4 is 69.8 Å². The van der Waals surface area contributed by atoms with Gasteiger partial charge in [-0.1, -0.05) is 34.8 Å². The average molecular weight is 468 g/mol. The lowest BCUT2D eigenvalue weighted by Crippen LogP contribution is -2.32. The van der Waals surface area contributed by atoms with Crippen LogP contribution in [0.4, 0.5) is 5.69 Å². The molecule has 9 heteroatoms. The Morgan fingerprint density at radius 3 is 2.52 bits per heavy atom. The van der Waals surface area contributed by atoms with Gasteiger partial charge in [-0.05, 0) is 66.8 Å². The number of aromatic hydroxyl groups is 1. The number of carbonyl (C=O) groups excluding carboxylic acids is 1. The lowest BCUT2D eigenvalue weighted by Gasteiger charge is -2.09. The van der Waals surface area contributed by atoms with Gasteiger partial charge < -0.3 is 14.8 Å². The Morgan fingerprint density at radius 2 is 1.76 bits per heavy atom. The molecule has 148 valence electrons. The third kappa shape index (κ3) is 5.74. The lowest BCUT2D eigenvalue weighted by atomic mass is 10.2. The summed E-state index contributed by atoms with van der Waals surface area (Å²) in [7, 11) is 0. The second-order valence-corrected chi connectivity index (χ2v) is 7.45. The van der Waals surface area contributed by atoms with E-state index in [1.54, 1.807) is 30.3 Å². The number of rotatable bonds is 4. The molecule has 0 bridgehead atoms. The van der Waals surface area contributed by atoms with E-state index >= 15 is 0 Å². The van der Waals surface area contributed by atoms with E-state index in [2.05, 4.69) is 10.6 Å². The number of thiocarbonyl (C=S) groups is 1. The first-order valence-electron chi connectivity index (χ1n) is 8.15. The summed E-state index contributed by atoms with van der Waals surface area (Å²) in [5, 5.41) is 16.3. The van der Waals surface area contributed by atoms with Crippen LogP contribution in [0.25, 0.3) is 17.4 Å². The Labute approximate surface area is 186 Å². The quantitative estimate of drug-likeness (QED) is 0.244. The van der Waals surface area contributed by atoms with Gasteiger partial charge in [-0.3, -0.25) is 10.1 Å². The minimum absolute atomic E-state index is 0.00490. The van der Waals surface area contributed by atoms with Crippen molar-refractivity contribution in [2.75, 3.05) is 5.32 Å². The van der Waals surface area contributed by atoms with E-state index in [1.807, 2.05) is 0 Å². The molecule has 3 N–H and O–H groups in total. The molecule has 0 unspecified atom stereocenters. The molecule has 0 fully saturated rings. The molecule has 0 atom stereocenters. The number of hydrogen-bond acceptors (Lipinski definition) is 4. The lowest BCUT2D eigenvalue weighted by molar-refractivity contribution is -0.115. The summed E-state index contributed by atoms with van der Waals surface area (Å²) in [5.41, 5.74) is 0.967. The van der Waals surface area contributed by atoms with Crippen molar-refractivity contribution in [1.29, 1.82) is 0 Å². The predicted octanol–water partition coefficient (Wildman–Crippen LogP) is 6.14. The van der Waals surface area contributed by atoms with Crippen LogP contribution in [-0.2, 0) is 4.79 Å². The van der Waals surface area contributed by atoms with Gasteiger partial charge in [-0.2, -0.15) is 0 Å². The average Bonchev–Trinajstić information content (AvgIpc) is 3.11. The number of furan rings is 1. The summed E-state index contributed by atoms with van der Waals surface area (Å²) < 4.78 is 5.68. The van der Waals surface area contributed by atoms with Gasteiger partial charge in [0.2, 0.25) is 5.91 Å². The molecule has 0 radical (unpaired) electrons. The van der Waals surface area contributed by atoms with E-state index in [-0.39, 0.29) is 16.5 Å². The van der Waals surface area contributed by atoms with Crippen LogP contribution in [0.15, 0.2) is 59.0 Å². The smallest absolute Gasteiger partial charge is 0.250 e. The highest BCUT2D eigenvalue weighted by atomic mass is 35.5. The van der Waals surface area contributed by atoms with E-state index in [1.165, 1.54) is 30.4 Å². The number of amides is 1. The van der Waals surface area contributed by atoms with Crippen LogP contribution < -0.4 is 10.6 Å². The molecule has 0 aliphatic heterocycles. The second kappa shape index (κ2) is 9.33. The number of benzene rings is 2. The molecule has 1 heterocycles. The Kier molecular flexibility index (Phi) is 6.82. The fourth-order valence-corrected chi connectivity index (χ4v) is 3.23. The highest BCUT2D eigenvalue weighted by molar-refractivity contribution is 7.80. The molecule has 3 rings (SSSR count). The number of hydrogen-bond donors (Lipinski definition) is 3. The molecule has 3 aromatic rings. The standard InChI is InChI=1S/C20H13Cl3N2O3S/c21-11-1-5-14(15(23)9-11)18-7-3-13(28-18)4-8-19(27)25-20(29)24-16-10-12(22)2-6-17(16)26/h1-10,26H,(H2,24,25,27,29)/b8-4+. The summed E-state index contributed by atoms with van der Waals surface area (Å²) in [4.78, 5) is 12.0. The molecule has 1 amide bonds. The maximum absolute atomic E-state index is 12.0. The molecule has 2 aromatic carbocycles. The minimum Gasteiger partial charge on any atom is -0.506 e. The normalized spacial score (nSPS) is 10.9. The van der Waals surface area contributed by atoms with Crippen molar-refractivity contribution < 1.29 is 14.3 Å². The molecule has 0 saturated heterocycles. The van der Waals surface area contributed by atoms with E-state index in [4.69, 9.17) is 51.4 Å². The van der Waals surface area contributed by atoms with Crippen molar-refractivity contribution in [3.8, 4) is 17.1 Å². The Hall–Kier alpha value is -2.51. The number of halogens is 3. The first-order valence-corrected chi connectivity index (χ1v) is 9.70. The minimum atomic E-state index is -0.480. The predicted molar refractivity (Wildman–Crippen MR) is 121 cm³/mol. The van der Waals surface area contributed by atoms with Gasteiger partial charge in [-0.15, -0.1) is 0 Å². The summed E-state index contributed by atoms with van der Waals surface area (Å²) in [6.45, 7) is 0. The van der Waals surface area contributed by atoms with Crippen molar-refractivity contribution in [2.24, 2.45) is 0 Å². The second-order valence-electron chi connectivity index (χ2n) is 5.76. The van der Waals surface area contributed by atoms with Gasteiger partial charge in [0.05, 0.1) is 10.7 Å². The summed E-state index contributed by atoms with van der Waals surface area (Å²) in [6, 6.07) is 12.9. The number of phenolic OH excluding ortho intramolecular Hbond substituents is 1. The van der Waals surface area contributed by atoms with Crippen molar-refractivity contribution in [3.63, 3.8) is 0 Å². The van der Waals surface area contributed by atoms with Gasteiger partial charge in [0.1, 0.15) is 17.3 Å². The summed E-state index contributed by atoms with van der Waals surface area (Å²) >= 11 is 23.0. The monoisotopic (exact) mass is 466 g/mol. The number of carbonyl (C=O) groups is 1. The van der Waals surface area contributed by atoms with Crippen LogP contribution in [0.3, 0.4) is 0 Å². The number of nitrogens with one attached hydrogen (secondary N) is 2. The van der Waals surface area contributed by atoms with Gasteiger partial charge in [0, 0.05) is 21.7 Å². The van der Waals surface area contributed by atoms with Gasteiger partial charge in [0.25, 0.3) is 0 Å². The van der Waals surface area contributed by atoms with E-state index in [0.29, 0.717) is 32.2 Å². The first-order chi connectivity index (χ1) is 13.8. The van der Waals surface area contributed by atoms with Crippen LogP contribution in [0.5, 0.6) is 5.75 Å². The van der Waals surface area contributed by atoms with Gasteiger partial charge in [-0.25, -0.2) is 0 Å². The fraction of sp³-hybridized carbons (Fsp3) is 0. The number of phenols is 1. The van der Waals surface area contributed by atoms with Crippen LogP contribution in [0.2, 0.25) is 15.1 Å². The molecular formula is C20H13Cl3N2O3S. The largest absolute Gasteiger partial charge is 0.506 e. The van der Waals surface area contributed by atoms with Crippen LogP contribution >= 0.6 is 47.0 Å². The highest BCUT2D eigenvalue weighted by Gasteiger charge is 2.09. The molecule has 0 spiro atoms. The van der Waals surface area contributed by atoms with Gasteiger partial charge in [0.15, 0.2) is 5.11 Å². The van der Waals surface area contributed by atoms with E-state index < -0.39 is 5.91 Å². The van der Waals surface area contributed by atoms with E-state index in [0.717, 1.165) is 0 Å². The zero-order chi connectivity index (χ0) is 21.0. The van der Waals surface area contributed by atoms with Crippen molar-refractivity contribution in [1.82, 2.24) is 5.32 Å². The molecule has 0 aliphatic carbocycles. The summed E-state index contributed by atoms with van der Waals surface area (Å²) in [6.07, 6.45) is 2.75. The third-order valence-corrected chi connectivity index (χ3v) is 4.65. The zero-order valence-corrected chi connectivity index (χ0v) is 17.7. The topological polar surface area (TPSA) is 74.5 Å². The van der Waals surface area contributed by atoms with E-state index in [9.17, 15) is 9.90 Å². The molecular weight excluding hydrogens is 455 g/mol. The SMILES string of the molecule is O=C(/C=C/c1ccc(-c2ccc(Cl)cc2Cl)o1)NC(=S)Nc1cc(Cl)ccc1O. The third-order valence-electron chi connectivity index (χ3n) is 3.67. The van der Waals surface area contributed by atoms with Crippen molar-refractivity contribution in [3.05, 3.63) is 75.4 Å². The molecule has 1 aromatic heterocycles. The van der Waals surface area contributed by atoms with Crippen molar-refractivity contribution in [2.45, 2.75) is 0 Å². The first kappa shape index (κ1) is 21.2. The fourth-order valence-electron chi connectivity index (χ4n) is 2.35. The zero-order valence-electron chi connectivity index (χ0n) is 14.6. The van der Waals surface area contributed by atoms with Crippen LogP contribution in [0.1, 0.15) is 5.76 Å². The number of anilines is 1.